The summed E-state index contributed by atoms with van der Waals surface area (Å²) >= 11 is 5.32. The van der Waals surface area contributed by atoms with Crippen molar-refractivity contribution in [3.8, 4) is 0 Å². The third-order valence-corrected chi connectivity index (χ3v) is 4.88. The van der Waals surface area contributed by atoms with E-state index >= 15 is 0 Å². The molecule has 0 saturated carbocycles. The lowest BCUT2D eigenvalue weighted by Gasteiger charge is -2.15. The summed E-state index contributed by atoms with van der Waals surface area (Å²) in [7, 11) is 0. The Bertz CT molecular complexity index is 493. The topological polar surface area (TPSA) is 36.5 Å². The Labute approximate surface area is 144 Å². The van der Waals surface area contributed by atoms with Crippen LogP contribution < -0.4 is 10.6 Å². The highest BCUT2D eigenvalue weighted by atomic mass is 32.1. The molecule has 0 unspecified atom stereocenters. The first-order valence-corrected chi connectivity index (χ1v) is 9.14. The van der Waals surface area contributed by atoms with Crippen molar-refractivity contribution in [2.24, 2.45) is 0 Å². The average molecular weight is 334 g/mol. The third kappa shape index (κ3) is 5.44. The van der Waals surface area contributed by atoms with Crippen molar-refractivity contribution in [2.75, 3.05) is 26.2 Å². The molecule has 126 valence electrons. The number of nitrogens with zero attached hydrogens (tertiary/aromatic N) is 1. The van der Waals surface area contributed by atoms with E-state index in [4.69, 9.17) is 17.0 Å². The summed E-state index contributed by atoms with van der Waals surface area (Å²) in [6.07, 6.45) is 5.31. The minimum atomic E-state index is 0.319. The lowest BCUT2D eigenvalue weighted by Crippen LogP contribution is -2.39. The lowest BCUT2D eigenvalue weighted by molar-refractivity contribution is 0.114. The van der Waals surface area contributed by atoms with E-state index < -0.39 is 0 Å². The van der Waals surface area contributed by atoms with E-state index in [9.17, 15) is 0 Å². The molecule has 0 amide bonds. The zero-order chi connectivity index (χ0) is 15.9. The van der Waals surface area contributed by atoms with Gasteiger partial charge in [-0.1, -0.05) is 24.3 Å². The lowest BCUT2D eigenvalue weighted by atomic mass is 10.1. The number of nitrogens with one attached hydrogen (secondary N) is 2. The predicted octanol–water partition coefficient (Wildman–Crippen LogP) is 2.43. The average Bonchev–Trinajstić information content (AvgIpc) is 3.26. The van der Waals surface area contributed by atoms with E-state index in [1.165, 1.54) is 37.1 Å². The Morgan fingerprint density at radius 1 is 1.09 bits per heavy atom. The zero-order valence-corrected chi connectivity index (χ0v) is 14.5. The quantitative estimate of drug-likeness (QED) is 0.782. The summed E-state index contributed by atoms with van der Waals surface area (Å²) in [4.78, 5) is 2.53. The molecular formula is C18H27N3OS. The van der Waals surface area contributed by atoms with E-state index in [1.54, 1.807) is 0 Å². The Hall–Kier alpha value is -1.17. The second kappa shape index (κ2) is 8.62. The molecule has 4 nitrogen and oxygen atoms in total. The van der Waals surface area contributed by atoms with Crippen molar-refractivity contribution in [1.82, 2.24) is 15.5 Å². The summed E-state index contributed by atoms with van der Waals surface area (Å²) in [6, 6.07) is 8.86. The molecule has 23 heavy (non-hydrogen) atoms. The van der Waals surface area contributed by atoms with Crippen molar-refractivity contribution in [1.29, 1.82) is 0 Å². The molecule has 1 aromatic carbocycles. The van der Waals surface area contributed by atoms with Gasteiger partial charge >= 0.3 is 0 Å². The van der Waals surface area contributed by atoms with Gasteiger partial charge in [-0.05, 0) is 62.1 Å². The smallest absolute Gasteiger partial charge is 0.166 e. The van der Waals surface area contributed by atoms with Crippen molar-refractivity contribution < 1.29 is 4.74 Å². The van der Waals surface area contributed by atoms with Gasteiger partial charge in [0.1, 0.15) is 0 Å². The maximum atomic E-state index is 5.58. The van der Waals surface area contributed by atoms with Crippen LogP contribution in [0.15, 0.2) is 24.3 Å². The van der Waals surface area contributed by atoms with Gasteiger partial charge in [-0.3, -0.25) is 4.90 Å². The van der Waals surface area contributed by atoms with Crippen LogP contribution >= 0.6 is 12.2 Å². The number of benzene rings is 1. The second-order valence-electron chi connectivity index (χ2n) is 6.50. The Balaban J connectivity index is 1.36. The maximum Gasteiger partial charge on any atom is 0.166 e. The molecule has 0 aromatic heterocycles. The number of hydrogen-bond acceptors (Lipinski definition) is 3. The van der Waals surface area contributed by atoms with Crippen LogP contribution in [0.1, 0.15) is 36.8 Å². The second-order valence-corrected chi connectivity index (χ2v) is 6.91. The van der Waals surface area contributed by atoms with Crippen molar-refractivity contribution >= 4 is 17.3 Å². The van der Waals surface area contributed by atoms with Crippen molar-refractivity contribution in [3.05, 3.63) is 35.4 Å². The van der Waals surface area contributed by atoms with Gasteiger partial charge in [-0.15, -0.1) is 0 Å². The molecule has 2 heterocycles. The number of likely N-dealkylation sites (tertiary alicyclic amines) is 1. The van der Waals surface area contributed by atoms with Gasteiger partial charge in [0.05, 0.1) is 6.10 Å². The summed E-state index contributed by atoms with van der Waals surface area (Å²) in [6.45, 7) is 6.02. The molecule has 2 fully saturated rings. The third-order valence-electron chi connectivity index (χ3n) is 4.60. The highest BCUT2D eigenvalue weighted by molar-refractivity contribution is 7.80. The summed E-state index contributed by atoms with van der Waals surface area (Å²) < 4.78 is 5.58. The molecule has 2 N–H and O–H groups in total. The summed E-state index contributed by atoms with van der Waals surface area (Å²) in [5, 5.41) is 7.22. The Morgan fingerprint density at radius 2 is 1.83 bits per heavy atom. The molecule has 0 spiro atoms. The SMILES string of the molecule is S=C(NCc1ccc(CN2CCCC2)cc1)NC[C@@H]1CCCO1. The number of hydrogen-bond donors (Lipinski definition) is 2. The molecule has 5 heteroatoms. The fraction of sp³-hybridized carbons (Fsp3) is 0.611. The molecule has 1 aromatic rings. The van der Waals surface area contributed by atoms with Gasteiger partial charge in [0.2, 0.25) is 0 Å². The Kier molecular flexibility index (Phi) is 6.25. The van der Waals surface area contributed by atoms with E-state index in [1.807, 2.05) is 0 Å². The number of rotatable bonds is 6. The molecule has 0 aliphatic carbocycles. The van der Waals surface area contributed by atoms with Crippen LogP contribution in [0.3, 0.4) is 0 Å². The van der Waals surface area contributed by atoms with Crippen LogP contribution in [-0.4, -0.2) is 42.4 Å². The normalized spacial score (nSPS) is 21.5. The van der Waals surface area contributed by atoms with Gasteiger partial charge in [0, 0.05) is 26.2 Å². The van der Waals surface area contributed by atoms with Crippen molar-refractivity contribution in [2.45, 2.75) is 44.9 Å². The van der Waals surface area contributed by atoms with Gasteiger partial charge in [0.25, 0.3) is 0 Å². The minimum Gasteiger partial charge on any atom is -0.376 e. The van der Waals surface area contributed by atoms with E-state index in [-0.39, 0.29) is 0 Å². The van der Waals surface area contributed by atoms with Crippen molar-refractivity contribution in [3.63, 3.8) is 0 Å². The molecule has 2 saturated heterocycles. The maximum absolute atomic E-state index is 5.58. The highest BCUT2D eigenvalue weighted by Crippen LogP contribution is 2.13. The zero-order valence-electron chi connectivity index (χ0n) is 13.7. The van der Waals surface area contributed by atoms with Crippen LogP contribution in [0.25, 0.3) is 0 Å². The first-order chi connectivity index (χ1) is 11.3. The Morgan fingerprint density at radius 3 is 2.52 bits per heavy atom. The van der Waals surface area contributed by atoms with Crippen LogP contribution in [0, 0.1) is 0 Å². The summed E-state index contributed by atoms with van der Waals surface area (Å²) in [5.41, 5.74) is 2.66. The molecule has 0 bridgehead atoms. The van der Waals surface area contributed by atoms with Gasteiger partial charge in [0.15, 0.2) is 5.11 Å². The first-order valence-electron chi connectivity index (χ1n) is 8.73. The van der Waals surface area contributed by atoms with E-state index in [2.05, 4.69) is 39.8 Å². The van der Waals surface area contributed by atoms with Gasteiger partial charge < -0.3 is 15.4 Å². The molecule has 1 atom stereocenters. The molecule has 0 radical (unpaired) electrons. The molecular weight excluding hydrogens is 306 g/mol. The predicted molar refractivity (Wildman–Crippen MR) is 97.4 cm³/mol. The fourth-order valence-corrected chi connectivity index (χ4v) is 3.37. The van der Waals surface area contributed by atoms with Crippen LogP contribution in [0.4, 0.5) is 0 Å². The van der Waals surface area contributed by atoms with E-state index in [0.717, 1.165) is 39.1 Å². The van der Waals surface area contributed by atoms with Gasteiger partial charge in [-0.25, -0.2) is 0 Å². The van der Waals surface area contributed by atoms with E-state index in [0.29, 0.717) is 11.2 Å². The standard InChI is InChI=1S/C18H27N3OS/c23-18(20-13-17-4-3-11-22-17)19-12-15-5-7-16(8-6-15)14-21-9-1-2-10-21/h5-8,17H,1-4,9-14H2,(H2,19,20,23)/t17-/m0/s1. The van der Waals surface area contributed by atoms with Gasteiger partial charge in [-0.2, -0.15) is 0 Å². The fourth-order valence-electron chi connectivity index (χ4n) is 3.22. The molecule has 3 rings (SSSR count). The summed E-state index contributed by atoms with van der Waals surface area (Å²) in [5.74, 6) is 0. The van der Waals surface area contributed by atoms with Crippen LogP contribution in [0.5, 0.6) is 0 Å². The largest absolute Gasteiger partial charge is 0.376 e. The monoisotopic (exact) mass is 333 g/mol. The first kappa shape index (κ1) is 16.7. The minimum absolute atomic E-state index is 0.319. The van der Waals surface area contributed by atoms with Crippen LogP contribution in [-0.2, 0) is 17.8 Å². The van der Waals surface area contributed by atoms with Crippen LogP contribution in [0.2, 0.25) is 0 Å². The highest BCUT2D eigenvalue weighted by Gasteiger charge is 2.15. The number of ether oxygens (including phenoxy) is 1. The number of thiocarbonyl (C=S) groups is 1. The molecule has 2 aliphatic rings. The molecule has 2 aliphatic heterocycles.